The molecular formula is C10H7N3. The standard InChI is InChI=1S/C10H7N3/c1-7-6-12-9-3-2-8(5-11)4-10(9)13-7/h2-4,6H,1H3. The van der Waals surface area contributed by atoms with Gasteiger partial charge in [-0.25, -0.2) is 4.98 Å². The van der Waals surface area contributed by atoms with Crippen LogP contribution >= 0.6 is 0 Å². The molecule has 62 valence electrons. The summed E-state index contributed by atoms with van der Waals surface area (Å²) in [5, 5.41) is 8.67. The zero-order valence-electron chi connectivity index (χ0n) is 7.15. The summed E-state index contributed by atoms with van der Waals surface area (Å²) in [5.41, 5.74) is 3.08. The van der Waals surface area contributed by atoms with Gasteiger partial charge in [0.1, 0.15) is 0 Å². The molecule has 3 heteroatoms. The number of benzene rings is 1. The smallest absolute Gasteiger partial charge is 0.0992 e. The Morgan fingerprint density at radius 3 is 2.92 bits per heavy atom. The summed E-state index contributed by atoms with van der Waals surface area (Å²) in [6.07, 6.45) is 1.72. The topological polar surface area (TPSA) is 49.6 Å². The molecule has 0 saturated heterocycles. The van der Waals surface area contributed by atoms with Crippen LogP contribution in [0.2, 0.25) is 0 Å². The zero-order valence-corrected chi connectivity index (χ0v) is 7.15. The first-order valence-corrected chi connectivity index (χ1v) is 3.93. The minimum absolute atomic E-state index is 0.618. The molecule has 1 aromatic carbocycles. The number of hydrogen-bond donors (Lipinski definition) is 0. The number of hydrogen-bond acceptors (Lipinski definition) is 3. The molecule has 0 saturated carbocycles. The van der Waals surface area contributed by atoms with Crippen LogP contribution in [0.25, 0.3) is 11.0 Å². The minimum Gasteiger partial charge on any atom is -0.253 e. The van der Waals surface area contributed by atoms with Crippen LogP contribution in [0, 0.1) is 18.3 Å². The van der Waals surface area contributed by atoms with Crippen molar-refractivity contribution in [3.63, 3.8) is 0 Å². The monoisotopic (exact) mass is 169 g/mol. The number of aryl methyl sites for hydroxylation is 1. The first-order valence-electron chi connectivity index (χ1n) is 3.93. The van der Waals surface area contributed by atoms with Crippen molar-refractivity contribution in [2.75, 3.05) is 0 Å². The van der Waals surface area contributed by atoms with E-state index in [1.807, 2.05) is 6.92 Å². The SMILES string of the molecule is Cc1cnc2ccc(C#N)cc2n1. The second-order valence-electron chi connectivity index (χ2n) is 2.83. The van der Waals surface area contributed by atoms with Gasteiger partial charge >= 0.3 is 0 Å². The van der Waals surface area contributed by atoms with Crippen molar-refractivity contribution in [2.24, 2.45) is 0 Å². The number of nitrogens with zero attached hydrogens (tertiary/aromatic N) is 3. The molecule has 0 bridgehead atoms. The molecule has 13 heavy (non-hydrogen) atoms. The van der Waals surface area contributed by atoms with Gasteiger partial charge in [-0.3, -0.25) is 4.98 Å². The van der Waals surface area contributed by atoms with Gasteiger partial charge in [-0.1, -0.05) is 0 Å². The lowest BCUT2D eigenvalue weighted by Crippen LogP contribution is -1.87. The molecule has 3 nitrogen and oxygen atoms in total. The van der Waals surface area contributed by atoms with E-state index in [1.54, 1.807) is 24.4 Å². The summed E-state index contributed by atoms with van der Waals surface area (Å²) in [7, 11) is 0. The maximum atomic E-state index is 8.67. The molecule has 2 aromatic rings. The van der Waals surface area contributed by atoms with E-state index in [4.69, 9.17) is 5.26 Å². The van der Waals surface area contributed by atoms with Crippen molar-refractivity contribution in [1.29, 1.82) is 5.26 Å². The van der Waals surface area contributed by atoms with Crippen molar-refractivity contribution in [2.45, 2.75) is 6.92 Å². The molecule has 0 unspecified atom stereocenters. The van der Waals surface area contributed by atoms with Gasteiger partial charge in [0.15, 0.2) is 0 Å². The fourth-order valence-corrected chi connectivity index (χ4v) is 1.17. The summed E-state index contributed by atoms with van der Waals surface area (Å²) in [5.74, 6) is 0. The zero-order chi connectivity index (χ0) is 9.26. The summed E-state index contributed by atoms with van der Waals surface area (Å²) in [4.78, 5) is 8.45. The predicted molar refractivity (Wildman–Crippen MR) is 49.0 cm³/mol. The molecule has 0 fully saturated rings. The normalized spacial score (nSPS) is 9.85. The van der Waals surface area contributed by atoms with Gasteiger partial charge in [0.25, 0.3) is 0 Å². The molecule has 0 spiro atoms. The Balaban J connectivity index is 2.77. The van der Waals surface area contributed by atoms with Gasteiger partial charge in [0.2, 0.25) is 0 Å². The first kappa shape index (κ1) is 7.69. The summed E-state index contributed by atoms with van der Waals surface area (Å²) in [6.45, 7) is 1.88. The van der Waals surface area contributed by atoms with Crippen LogP contribution in [0.15, 0.2) is 24.4 Å². The second-order valence-corrected chi connectivity index (χ2v) is 2.83. The van der Waals surface area contributed by atoms with Crippen molar-refractivity contribution >= 4 is 11.0 Å². The average molecular weight is 169 g/mol. The van der Waals surface area contributed by atoms with E-state index < -0.39 is 0 Å². The molecule has 0 atom stereocenters. The third kappa shape index (κ3) is 1.34. The molecule has 0 N–H and O–H groups in total. The Hall–Kier alpha value is -1.95. The number of nitriles is 1. The summed E-state index contributed by atoms with van der Waals surface area (Å²) in [6, 6.07) is 7.36. The molecule has 0 aliphatic carbocycles. The third-order valence-electron chi connectivity index (χ3n) is 1.79. The maximum absolute atomic E-state index is 8.67. The lowest BCUT2D eigenvalue weighted by Gasteiger charge is -1.97. The highest BCUT2D eigenvalue weighted by Crippen LogP contribution is 2.10. The largest absolute Gasteiger partial charge is 0.253 e. The molecule has 1 heterocycles. The Kier molecular flexibility index (Phi) is 1.67. The summed E-state index contributed by atoms with van der Waals surface area (Å²) >= 11 is 0. The highest BCUT2D eigenvalue weighted by Gasteiger charge is 1.97. The van der Waals surface area contributed by atoms with Crippen LogP contribution < -0.4 is 0 Å². The van der Waals surface area contributed by atoms with Crippen molar-refractivity contribution < 1.29 is 0 Å². The van der Waals surface area contributed by atoms with Gasteiger partial charge in [0, 0.05) is 6.20 Å². The Morgan fingerprint density at radius 2 is 2.15 bits per heavy atom. The lowest BCUT2D eigenvalue weighted by molar-refractivity contribution is 1.18. The van der Waals surface area contributed by atoms with Gasteiger partial charge in [-0.2, -0.15) is 5.26 Å². The molecule has 1 aromatic heterocycles. The average Bonchev–Trinajstić information content (AvgIpc) is 2.16. The van der Waals surface area contributed by atoms with Crippen LogP contribution in [0.1, 0.15) is 11.3 Å². The number of fused-ring (bicyclic) bond motifs is 1. The number of aromatic nitrogens is 2. The molecular weight excluding hydrogens is 162 g/mol. The molecule has 0 radical (unpaired) electrons. The molecule has 2 rings (SSSR count). The first-order chi connectivity index (χ1) is 6.29. The lowest BCUT2D eigenvalue weighted by atomic mass is 10.2. The highest BCUT2D eigenvalue weighted by molar-refractivity contribution is 5.75. The van der Waals surface area contributed by atoms with E-state index in [9.17, 15) is 0 Å². The van der Waals surface area contributed by atoms with E-state index in [1.165, 1.54) is 0 Å². The molecule has 0 aliphatic heterocycles. The summed E-state index contributed by atoms with van der Waals surface area (Å²) < 4.78 is 0. The van der Waals surface area contributed by atoms with E-state index in [-0.39, 0.29) is 0 Å². The predicted octanol–water partition coefficient (Wildman–Crippen LogP) is 1.81. The van der Waals surface area contributed by atoms with Gasteiger partial charge in [0.05, 0.1) is 28.4 Å². The van der Waals surface area contributed by atoms with Crippen LogP contribution in [0.4, 0.5) is 0 Å². The van der Waals surface area contributed by atoms with E-state index in [2.05, 4.69) is 16.0 Å². The minimum atomic E-state index is 0.618. The Labute approximate surface area is 75.7 Å². The fourth-order valence-electron chi connectivity index (χ4n) is 1.17. The second kappa shape index (κ2) is 2.83. The Morgan fingerprint density at radius 1 is 1.31 bits per heavy atom. The van der Waals surface area contributed by atoms with Gasteiger partial charge in [-0.15, -0.1) is 0 Å². The highest BCUT2D eigenvalue weighted by atomic mass is 14.8. The molecule has 0 aliphatic rings. The number of rotatable bonds is 0. The Bertz CT molecular complexity index is 497. The van der Waals surface area contributed by atoms with Gasteiger partial charge < -0.3 is 0 Å². The van der Waals surface area contributed by atoms with Crippen molar-refractivity contribution in [3.8, 4) is 6.07 Å². The van der Waals surface area contributed by atoms with Crippen LogP contribution in [-0.2, 0) is 0 Å². The quantitative estimate of drug-likeness (QED) is 0.604. The van der Waals surface area contributed by atoms with Crippen LogP contribution in [-0.4, -0.2) is 9.97 Å². The maximum Gasteiger partial charge on any atom is 0.0992 e. The van der Waals surface area contributed by atoms with Gasteiger partial charge in [-0.05, 0) is 25.1 Å². The molecule has 0 amide bonds. The van der Waals surface area contributed by atoms with E-state index in [0.717, 1.165) is 16.7 Å². The van der Waals surface area contributed by atoms with Crippen molar-refractivity contribution in [3.05, 3.63) is 35.7 Å². The van der Waals surface area contributed by atoms with Crippen LogP contribution in [0.3, 0.4) is 0 Å². The third-order valence-corrected chi connectivity index (χ3v) is 1.79. The van der Waals surface area contributed by atoms with Crippen molar-refractivity contribution in [1.82, 2.24) is 9.97 Å². The van der Waals surface area contributed by atoms with Crippen LogP contribution in [0.5, 0.6) is 0 Å². The van der Waals surface area contributed by atoms with E-state index in [0.29, 0.717) is 5.56 Å². The van der Waals surface area contributed by atoms with E-state index >= 15 is 0 Å². The fraction of sp³-hybridized carbons (Fsp3) is 0.100.